The summed E-state index contributed by atoms with van der Waals surface area (Å²) < 4.78 is 6.02. The van der Waals surface area contributed by atoms with Crippen molar-refractivity contribution < 1.29 is 9.53 Å². The smallest absolute Gasteiger partial charge is 0.234 e. The Kier molecular flexibility index (Phi) is 9.77. The quantitative estimate of drug-likeness (QED) is 0.434. The number of para-hydroxylation sites is 1. The number of carbonyl (C=O) groups excluding carboxylic acids is 1. The first kappa shape index (κ1) is 23.0. The highest BCUT2D eigenvalue weighted by Crippen LogP contribution is 2.17. The highest BCUT2D eigenvalue weighted by atomic mass is 16.5. The molecule has 7 nitrogen and oxygen atoms in total. The van der Waals surface area contributed by atoms with E-state index in [-0.39, 0.29) is 12.0 Å². The van der Waals surface area contributed by atoms with Crippen LogP contribution in [0.3, 0.4) is 0 Å². The largest absolute Gasteiger partial charge is 0.489 e. The van der Waals surface area contributed by atoms with Gasteiger partial charge in [0.2, 0.25) is 5.91 Å². The van der Waals surface area contributed by atoms with Gasteiger partial charge in [-0.1, -0.05) is 25.1 Å². The summed E-state index contributed by atoms with van der Waals surface area (Å²) in [5, 5.41) is 9.80. The third kappa shape index (κ3) is 8.31. The Morgan fingerprint density at radius 3 is 2.66 bits per heavy atom. The summed E-state index contributed by atoms with van der Waals surface area (Å²) in [6.07, 6.45) is 2.99. The third-order valence-corrected chi connectivity index (χ3v) is 5.07. The number of carbonyl (C=O) groups is 1. The van der Waals surface area contributed by atoms with Crippen molar-refractivity contribution >= 4 is 11.9 Å². The third-order valence-electron chi connectivity index (χ3n) is 5.07. The van der Waals surface area contributed by atoms with Crippen LogP contribution in [-0.4, -0.2) is 68.7 Å². The van der Waals surface area contributed by atoms with Gasteiger partial charge in [-0.05, 0) is 44.7 Å². The van der Waals surface area contributed by atoms with Gasteiger partial charge in [0.05, 0.1) is 13.1 Å². The number of likely N-dealkylation sites (tertiary alicyclic amines) is 1. The number of ether oxygens (including phenoxy) is 1. The maximum absolute atomic E-state index is 11.9. The molecule has 1 fully saturated rings. The second-order valence-electron chi connectivity index (χ2n) is 7.69. The molecule has 0 saturated carbocycles. The topological polar surface area (TPSA) is 78.0 Å². The van der Waals surface area contributed by atoms with Gasteiger partial charge in [0, 0.05) is 32.7 Å². The van der Waals surface area contributed by atoms with Gasteiger partial charge in [0.15, 0.2) is 5.96 Å². The summed E-state index contributed by atoms with van der Waals surface area (Å²) in [4.78, 5) is 18.4. The number of aliphatic imine (C=N–C) groups is 1. The molecule has 1 amide bonds. The maximum Gasteiger partial charge on any atom is 0.234 e. The lowest BCUT2D eigenvalue weighted by molar-refractivity contribution is -0.122. The predicted molar refractivity (Wildman–Crippen MR) is 119 cm³/mol. The normalized spacial score (nSPS) is 16.9. The Morgan fingerprint density at radius 2 is 2.00 bits per heavy atom. The summed E-state index contributed by atoms with van der Waals surface area (Å²) in [6, 6.07) is 8.41. The Morgan fingerprint density at radius 1 is 1.28 bits per heavy atom. The average Bonchev–Trinajstić information content (AvgIpc) is 2.72. The van der Waals surface area contributed by atoms with E-state index in [0.29, 0.717) is 19.1 Å². The number of piperidine rings is 1. The van der Waals surface area contributed by atoms with Gasteiger partial charge >= 0.3 is 0 Å². The molecule has 1 aliphatic heterocycles. The Hall–Kier alpha value is -2.28. The molecule has 1 atom stereocenters. The van der Waals surface area contributed by atoms with Crippen LogP contribution in [0.4, 0.5) is 0 Å². The molecule has 7 heteroatoms. The summed E-state index contributed by atoms with van der Waals surface area (Å²) in [5.74, 6) is 1.84. The van der Waals surface area contributed by atoms with Crippen LogP contribution < -0.4 is 20.7 Å². The van der Waals surface area contributed by atoms with Crippen LogP contribution in [0.2, 0.25) is 0 Å². The minimum atomic E-state index is 0.0260. The standard InChI is InChI=1S/C22H37N5O2/c1-5-12-24-21(28)16-27-13-10-19(11-14-27)26-22(23-4)25-15-18(3)29-20-9-7-6-8-17(20)2/h6-9,18-19H,5,10-16H2,1-4H3,(H,24,28)(H2,23,25,26). The molecule has 0 aliphatic carbocycles. The molecule has 0 aromatic heterocycles. The van der Waals surface area contributed by atoms with Gasteiger partial charge in [-0.2, -0.15) is 0 Å². The van der Waals surface area contributed by atoms with E-state index in [1.165, 1.54) is 0 Å². The zero-order valence-corrected chi connectivity index (χ0v) is 18.3. The van der Waals surface area contributed by atoms with Crippen LogP contribution in [0, 0.1) is 6.92 Å². The molecule has 1 aliphatic rings. The first-order valence-corrected chi connectivity index (χ1v) is 10.7. The van der Waals surface area contributed by atoms with Crippen molar-refractivity contribution in [2.75, 3.05) is 39.8 Å². The first-order chi connectivity index (χ1) is 14.0. The van der Waals surface area contributed by atoms with E-state index in [4.69, 9.17) is 4.74 Å². The number of hydrogen-bond acceptors (Lipinski definition) is 4. The van der Waals surface area contributed by atoms with Gasteiger partial charge in [-0.15, -0.1) is 0 Å². The van der Waals surface area contributed by atoms with Crippen molar-refractivity contribution in [3.63, 3.8) is 0 Å². The molecule has 0 spiro atoms. The van der Waals surface area contributed by atoms with Crippen molar-refractivity contribution in [3.8, 4) is 5.75 Å². The number of rotatable bonds is 9. The fourth-order valence-electron chi connectivity index (χ4n) is 3.33. The van der Waals surface area contributed by atoms with Crippen molar-refractivity contribution in [3.05, 3.63) is 29.8 Å². The van der Waals surface area contributed by atoms with E-state index >= 15 is 0 Å². The monoisotopic (exact) mass is 403 g/mol. The number of guanidine groups is 1. The number of nitrogens with zero attached hydrogens (tertiary/aromatic N) is 2. The van der Waals surface area contributed by atoms with E-state index < -0.39 is 0 Å². The van der Waals surface area contributed by atoms with Crippen LogP contribution in [0.1, 0.15) is 38.7 Å². The second-order valence-corrected chi connectivity index (χ2v) is 7.69. The van der Waals surface area contributed by atoms with Crippen molar-refractivity contribution in [1.29, 1.82) is 0 Å². The Bertz CT molecular complexity index is 656. The molecule has 3 N–H and O–H groups in total. The SMILES string of the molecule is CCCNC(=O)CN1CCC(NC(=NC)NCC(C)Oc2ccccc2C)CC1. The van der Waals surface area contributed by atoms with E-state index in [0.717, 1.165) is 56.2 Å². The minimum Gasteiger partial charge on any atom is -0.489 e. The number of amides is 1. The lowest BCUT2D eigenvalue weighted by atomic mass is 10.1. The zero-order valence-electron chi connectivity index (χ0n) is 18.3. The lowest BCUT2D eigenvalue weighted by Gasteiger charge is -2.32. The maximum atomic E-state index is 11.9. The van der Waals surface area contributed by atoms with Crippen LogP contribution in [0.25, 0.3) is 0 Å². The van der Waals surface area contributed by atoms with Gasteiger partial charge in [0.25, 0.3) is 0 Å². The molecule has 1 heterocycles. The molecular formula is C22H37N5O2. The molecule has 1 aromatic rings. The number of nitrogens with one attached hydrogen (secondary N) is 3. The van der Waals surface area contributed by atoms with Crippen molar-refractivity contribution in [1.82, 2.24) is 20.9 Å². The summed E-state index contributed by atoms with van der Waals surface area (Å²) >= 11 is 0. The molecule has 0 radical (unpaired) electrons. The molecule has 29 heavy (non-hydrogen) atoms. The fourth-order valence-corrected chi connectivity index (χ4v) is 3.33. The fraction of sp³-hybridized carbons (Fsp3) is 0.636. The first-order valence-electron chi connectivity index (χ1n) is 10.7. The Labute approximate surface area is 175 Å². The van der Waals surface area contributed by atoms with Crippen molar-refractivity contribution in [2.45, 2.75) is 52.2 Å². The molecule has 0 bridgehead atoms. The second kappa shape index (κ2) is 12.3. The summed E-state index contributed by atoms with van der Waals surface area (Å²) in [7, 11) is 1.79. The van der Waals surface area contributed by atoms with Gasteiger partial charge < -0.3 is 20.7 Å². The van der Waals surface area contributed by atoms with E-state index in [1.54, 1.807) is 7.05 Å². The highest BCUT2D eigenvalue weighted by Gasteiger charge is 2.21. The van der Waals surface area contributed by atoms with Gasteiger partial charge in [-0.3, -0.25) is 14.7 Å². The van der Waals surface area contributed by atoms with Gasteiger partial charge in [0.1, 0.15) is 11.9 Å². The van der Waals surface area contributed by atoms with Crippen LogP contribution in [-0.2, 0) is 4.79 Å². The number of hydrogen-bond donors (Lipinski definition) is 3. The summed E-state index contributed by atoms with van der Waals surface area (Å²) in [6.45, 7) is 9.92. The number of aryl methyl sites for hydroxylation is 1. The van der Waals surface area contributed by atoms with Crippen LogP contribution in [0.15, 0.2) is 29.3 Å². The van der Waals surface area contributed by atoms with E-state index in [9.17, 15) is 4.79 Å². The molecule has 1 saturated heterocycles. The highest BCUT2D eigenvalue weighted by molar-refractivity contribution is 5.80. The average molecular weight is 404 g/mol. The van der Waals surface area contributed by atoms with Crippen LogP contribution in [0.5, 0.6) is 5.75 Å². The van der Waals surface area contributed by atoms with Gasteiger partial charge in [-0.25, -0.2) is 0 Å². The van der Waals surface area contributed by atoms with Crippen molar-refractivity contribution in [2.24, 2.45) is 4.99 Å². The summed E-state index contributed by atoms with van der Waals surface area (Å²) in [5.41, 5.74) is 1.14. The Balaban J connectivity index is 1.68. The number of benzene rings is 1. The molecule has 1 aromatic carbocycles. The molecule has 1 unspecified atom stereocenters. The van der Waals surface area contributed by atoms with E-state index in [2.05, 4.69) is 52.7 Å². The molecule has 162 valence electrons. The zero-order chi connectivity index (χ0) is 21.1. The van der Waals surface area contributed by atoms with Crippen LogP contribution >= 0.6 is 0 Å². The minimum absolute atomic E-state index is 0.0260. The molecule has 2 rings (SSSR count). The lowest BCUT2D eigenvalue weighted by Crippen LogP contribution is -2.51. The predicted octanol–water partition coefficient (Wildman–Crippen LogP) is 1.92. The van der Waals surface area contributed by atoms with E-state index in [1.807, 2.05) is 18.2 Å². The molecular weight excluding hydrogens is 366 g/mol.